The lowest BCUT2D eigenvalue weighted by Gasteiger charge is -2.14. The van der Waals surface area contributed by atoms with Crippen molar-refractivity contribution in [3.05, 3.63) is 340 Å². The van der Waals surface area contributed by atoms with Crippen LogP contribution in [-0.2, 0) is 0 Å². The van der Waals surface area contributed by atoms with Crippen LogP contribution in [-0.4, -0.2) is 29.9 Å². The quantitative estimate of drug-likeness (QED) is 0.141. The van der Waals surface area contributed by atoms with Crippen molar-refractivity contribution < 1.29 is 0 Å². The molecule has 0 spiro atoms. The number of hydrogen-bond acceptors (Lipinski definition) is 6. The van der Waals surface area contributed by atoms with Crippen molar-refractivity contribution in [3.8, 4) is 90.6 Å². The largest absolute Gasteiger partial charge is 0.208 e. The average Bonchev–Trinajstić information content (AvgIpc) is 0.755. The van der Waals surface area contributed by atoms with E-state index in [-0.39, 0.29) is 0 Å². The third-order valence-electron chi connectivity index (χ3n) is 18.8. The minimum absolute atomic E-state index is 0.653. The van der Waals surface area contributed by atoms with Gasteiger partial charge in [0.1, 0.15) is 0 Å². The van der Waals surface area contributed by atoms with Gasteiger partial charge in [-0.25, -0.2) is 29.9 Å². The number of hydrogen-bond donors (Lipinski definition) is 0. The number of aromatic nitrogens is 6. The lowest BCUT2D eigenvalue weighted by Crippen LogP contribution is -2.00. The smallest absolute Gasteiger partial charge is 0.164 e. The number of fused-ring (bicyclic) bond motifs is 15. The summed E-state index contributed by atoms with van der Waals surface area (Å²) in [5.41, 5.74) is 10.4. The SMILES string of the molecule is c1ccc(-c2nc(-c3ccccc3)nc(-c3ccc(-c4ccc5c(ccc6c5ccc5ccc7ccccc7c56)c4)c4ccccc34)n2)cc1.c1ccc(-c2nc(-c3ccccc3)nc(-c3cccc(-c4ccc5c(ccc6c5ccc5ccc7ccccc7c56)c4)c3)n2)cc1. The standard InChI is InChI=1S/C47H29N3.C43H27N3/c1-3-12-32(13-4-1)45-48-46(33-14-5-2-6-15-33)50-47(49-45)43-28-27-37(39-17-9-10-18-40(39)43)34-22-24-36-35(29-34)23-26-42-41(36)25-21-31-20-19-30-11-7-8-16-38(30)44(31)42;1-3-11-30(12-4-1)41-44-42(31-13-5-2-6-14-31)46-43(45-41)35-16-9-15-32(27-35)33-21-23-36-34(26-33)22-25-39-38(36)24-20-29-19-18-28-10-7-8-17-37(28)40(29)39/h1-29H;1-27H. The Morgan fingerprint density at radius 3 is 0.938 bits per heavy atom. The molecule has 17 aromatic carbocycles. The molecule has 6 heteroatoms. The monoisotopic (exact) mass is 1220 g/mol. The lowest BCUT2D eigenvalue weighted by atomic mass is 9.91. The molecule has 0 saturated heterocycles. The highest BCUT2D eigenvalue weighted by molar-refractivity contribution is 6.26. The van der Waals surface area contributed by atoms with Crippen LogP contribution in [0.2, 0.25) is 0 Å². The van der Waals surface area contributed by atoms with E-state index in [9.17, 15) is 0 Å². The predicted octanol–water partition coefficient (Wildman–Crippen LogP) is 23.5. The van der Waals surface area contributed by atoms with E-state index in [1.54, 1.807) is 0 Å². The molecule has 0 atom stereocenters. The van der Waals surface area contributed by atoms with Gasteiger partial charge in [-0.2, -0.15) is 0 Å². The molecule has 0 aliphatic carbocycles. The molecule has 0 saturated carbocycles. The maximum atomic E-state index is 5.04. The molecule has 2 aromatic heterocycles. The first-order valence-corrected chi connectivity index (χ1v) is 32.5. The second kappa shape index (κ2) is 23.7. The minimum Gasteiger partial charge on any atom is -0.208 e. The van der Waals surface area contributed by atoms with Crippen molar-refractivity contribution >= 4 is 97.0 Å². The zero-order chi connectivity index (χ0) is 63.5. The van der Waals surface area contributed by atoms with Gasteiger partial charge < -0.3 is 0 Å². The highest BCUT2D eigenvalue weighted by Gasteiger charge is 2.19. The number of nitrogens with zero attached hydrogens (tertiary/aromatic N) is 6. The first-order valence-electron chi connectivity index (χ1n) is 32.5. The molecule has 0 radical (unpaired) electrons. The Labute approximate surface area is 553 Å². The van der Waals surface area contributed by atoms with E-state index >= 15 is 0 Å². The Kier molecular flexibility index (Phi) is 13.8. The molecule has 0 unspecified atom stereocenters. The summed E-state index contributed by atoms with van der Waals surface area (Å²) in [6.45, 7) is 0. The molecule has 0 bridgehead atoms. The number of benzene rings is 17. The van der Waals surface area contributed by atoms with Gasteiger partial charge in [0, 0.05) is 33.4 Å². The average molecular weight is 1220 g/mol. The van der Waals surface area contributed by atoms with Crippen LogP contribution in [0.3, 0.4) is 0 Å². The van der Waals surface area contributed by atoms with Crippen LogP contribution in [0, 0.1) is 0 Å². The van der Waals surface area contributed by atoms with Crippen LogP contribution in [0.25, 0.3) is 188 Å². The molecule has 96 heavy (non-hydrogen) atoms. The Morgan fingerprint density at radius 2 is 0.448 bits per heavy atom. The van der Waals surface area contributed by atoms with Crippen molar-refractivity contribution in [3.63, 3.8) is 0 Å². The molecule has 0 N–H and O–H groups in total. The topological polar surface area (TPSA) is 77.3 Å². The van der Waals surface area contributed by atoms with Gasteiger partial charge in [0.15, 0.2) is 34.9 Å². The minimum atomic E-state index is 0.653. The normalized spacial score (nSPS) is 11.5. The van der Waals surface area contributed by atoms with E-state index in [4.69, 9.17) is 29.9 Å². The molecule has 0 fully saturated rings. The van der Waals surface area contributed by atoms with Crippen molar-refractivity contribution in [2.45, 2.75) is 0 Å². The van der Waals surface area contributed by atoms with E-state index in [1.165, 1.54) is 97.3 Å². The zero-order valence-corrected chi connectivity index (χ0v) is 52.0. The van der Waals surface area contributed by atoms with Gasteiger partial charge in [-0.05, 0) is 143 Å². The summed E-state index contributed by atoms with van der Waals surface area (Å²) in [4.78, 5) is 29.7. The number of rotatable bonds is 8. The van der Waals surface area contributed by atoms with Gasteiger partial charge in [0.05, 0.1) is 0 Å². The van der Waals surface area contributed by atoms with Gasteiger partial charge in [-0.15, -0.1) is 0 Å². The van der Waals surface area contributed by atoms with E-state index in [1.807, 2.05) is 121 Å². The first kappa shape index (κ1) is 55.9. The fourth-order valence-electron chi connectivity index (χ4n) is 14.1. The van der Waals surface area contributed by atoms with Gasteiger partial charge in [-0.1, -0.05) is 315 Å². The maximum Gasteiger partial charge on any atom is 0.164 e. The van der Waals surface area contributed by atoms with Crippen LogP contribution in [0.4, 0.5) is 0 Å². The molecule has 0 amide bonds. The Bertz CT molecular complexity index is 6140. The second-order valence-corrected chi connectivity index (χ2v) is 24.5. The van der Waals surface area contributed by atoms with Crippen LogP contribution >= 0.6 is 0 Å². The molecule has 19 aromatic rings. The molecular formula is C90H56N6. The van der Waals surface area contributed by atoms with Gasteiger partial charge in [0.25, 0.3) is 0 Å². The predicted molar refractivity (Wildman–Crippen MR) is 401 cm³/mol. The summed E-state index contributed by atoms with van der Waals surface area (Å²) in [5.74, 6) is 3.95. The maximum absolute atomic E-state index is 5.04. The summed E-state index contributed by atoms with van der Waals surface area (Å²) >= 11 is 0. The summed E-state index contributed by atoms with van der Waals surface area (Å²) in [6, 6.07) is 120. The Balaban J connectivity index is 0.000000141. The van der Waals surface area contributed by atoms with Gasteiger partial charge in [0.2, 0.25) is 0 Å². The third-order valence-corrected chi connectivity index (χ3v) is 18.8. The van der Waals surface area contributed by atoms with E-state index in [2.05, 4.69) is 218 Å². The summed E-state index contributed by atoms with van der Waals surface area (Å²) in [6.07, 6.45) is 0. The summed E-state index contributed by atoms with van der Waals surface area (Å²) in [5, 5.41) is 22.6. The first-order chi connectivity index (χ1) is 47.6. The van der Waals surface area contributed by atoms with Crippen molar-refractivity contribution in [1.82, 2.24) is 29.9 Å². The van der Waals surface area contributed by atoms with Gasteiger partial charge >= 0.3 is 0 Å². The van der Waals surface area contributed by atoms with Crippen LogP contribution in [0.5, 0.6) is 0 Å². The van der Waals surface area contributed by atoms with E-state index in [0.717, 1.165) is 55.3 Å². The summed E-state index contributed by atoms with van der Waals surface area (Å²) < 4.78 is 0. The molecule has 0 aliphatic heterocycles. The van der Waals surface area contributed by atoms with E-state index in [0.29, 0.717) is 34.9 Å². The molecular weight excluding hydrogens is 1170 g/mol. The summed E-state index contributed by atoms with van der Waals surface area (Å²) in [7, 11) is 0. The molecule has 19 rings (SSSR count). The van der Waals surface area contributed by atoms with Crippen LogP contribution in [0.1, 0.15) is 0 Å². The van der Waals surface area contributed by atoms with E-state index < -0.39 is 0 Å². The fraction of sp³-hybridized carbons (Fsp3) is 0. The van der Waals surface area contributed by atoms with Crippen molar-refractivity contribution in [2.75, 3.05) is 0 Å². The fourth-order valence-corrected chi connectivity index (χ4v) is 14.1. The molecule has 6 nitrogen and oxygen atoms in total. The lowest BCUT2D eigenvalue weighted by molar-refractivity contribution is 1.07. The van der Waals surface area contributed by atoms with Crippen molar-refractivity contribution in [2.24, 2.45) is 0 Å². The van der Waals surface area contributed by atoms with Crippen LogP contribution < -0.4 is 0 Å². The van der Waals surface area contributed by atoms with Crippen LogP contribution in [0.15, 0.2) is 340 Å². The van der Waals surface area contributed by atoms with Gasteiger partial charge in [-0.3, -0.25) is 0 Å². The van der Waals surface area contributed by atoms with Crippen molar-refractivity contribution in [1.29, 1.82) is 0 Å². The molecule has 2 heterocycles. The highest BCUT2D eigenvalue weighted by atomic mass is 15.0. The zero-order valence-electron chi connectivity index (χ0n) is 52.0. The Hall–Kier alpha value is -12.9. The third kappa shape index (κ3) is 10.1. The molecule has 0 aliphatic rings. The Morgan fingerprint density at radius 1 is 0.135 bits per heavy atom. The second-order valence-electron chi connectivity index (χ2n) is 24.5. The highest BCUT2D eigenvalue weighted by Crippen LogP contribution is 2.42. The molecule has 446 valence electrons.